The van der Waals surface area contributed by atoms with Crippen molar-refractivity contribution in [3.63, 3.8) is 0 Å². The molecule has 1 fully saturated rings. The van der Waals surface area contributed by atoms with Crippen LogP contribution in [0.15, 0.2) is 72.6 Å². The molecule has 2 aliphatic rings. The first-order chi connectivity index (χ1) is 17.8. The van der Waals surface area contributed by atoms with E-state index in [9.17, 15) is 5.11 Å². The number of allylic oxidation sites excluding steroid dienone is 1. The average molecular weight is 500 g/mol. The third kappa shape index (κ3) is 5.34. The Labute approximate surface area is 218 Å². The molecule has 0 spiro atoms. The number of pyridine rings is 1. The van der Waals surface area contributed by atoms with Crippen molar-refractivity contribution in [1.82, 2.24) is 25.5 Å². The van der Waals surface area contributed by atoms with Crippen LogP contribution in [0.25, 0.3) is 27.6 Å². The number of hydrazine groups is 2. The lowest BCUT2D eigenvalue weighted by Crippen LogP contribution is -2.34. The molecule has 7 heteroatoms. The van der Waals surface area contributed by atoms with Crippen LogP contribution in [0, 0.1) is 5.92 Å². The van der Waals surface area contributed by atoms with Gasteiger partial charge in [0.05, 0.1) is 33.5 Å². The standard InChI is InChI=1S/C24H31N5O2.C6H6/c1-15-23(28(4)27-26-15)17-11-21-22(25-13-17)19-6-5-18(24(2,3)30)12-20(19)29(21)14-16-7-9-31-10-8-16;1-2-4-6-5-3-1/h5-6,11-13,16,26-27,30H,7-10,14H2,1-4H3;1-6H. The summed E-state index contributed by atoms with van der Waals surface area (Å²) in [7, 11) is 2.00. The van der Waals surface area contributed by atoms with Crippen molar-refractivity contribution in [2.24, 2.45) is 5.92 Å². The highest BCUT2D eigenvalue weighted by Gasteiger charge is 2.24. The van der Waals surface area contributed by atoms with Crippen molar-refractivity contribution < 1.29 is 9.84 Å². The van der Waals surface area contributed by atoms with E-state index in [2.05, 4.69) is 40.7 Å². The maximum absolute atomic E-state index is 10.6. The van der Waals surface area contributed by atoms with Gasteiger partial charge in [0.25, 0.3) is 0 Å². The highest BCUT2D eigenvalue weighted by atomic mass is 16.5. The van der Waals surface area contributed by atoms with E-state index >= 15 is 0 Å². The Hall–Kier alpha value is -3.39. The molecule has 2 aromatic carbocycles. The predicted molar refractivity (Wildman–Crippen MR) is 149 cm³/mol. The summed E-state index contributed by atoms with van der Waals surface area (Å²) in [6, 6.07) is 20.5. The highest BCUT2D eigenvalue weighted by Crippen LogP contribution is 2.35. The zero-order chi connectivity index (χ0) is 26.0. The molecule has 1 saturated heterocycles. The van der Waals surface area contributed by atoms with Gasteiger partial charge in [-0.25, -0.2) is 0 Å². The summed E-state index contributed by atoms with van der Waals surface area (Å²) < 4.78 is 7.99. The maximum atomic E-state index is 10.6. The molecule has 0 saturated carbocycles. The molecule has 6 rings (SSSR count). The Balaban J connectivity index is 0.000000412. The summed E-state index contributed by atoms with van der Waals surface area (Å²) in [4.78, 5) is 4.90. The van der Waals surface area contributed by atoms with Crippen LogP contribution in [0.5, 0.6) is 0 Å². The highest BCUT2D eigenvalue weighted by molar-refractivity contribution is 6.06. The monoisotopic (exact) mass is 499 g/mol. The second-order valence-corrected chi connectivity index (χ2v) is 10.5. The van der Waals surface area contributed by atoms with E-state index in [4.69, 9.17) is 9.72 Å². The summed E-state index contributed by atoms with van der Waals surface area (Å²) in [5.41, 5.74) is 12.8. The molecule has 2 aliphatic heterocycles. The second kappa shape index (κ2) is 10.5. The normalized spacial score (nSPS) is 16.7. The second-order valence-electron chi connectivity index (χ2n) is 10.5. The molecule has 194 valence electrons. The summed E-state index contributed by atoms with van der Waals surface area (Å²) >= 11 is 0. The topological polar surface area (TPSA) is 74.6 Å². The molecule has 0 unspecified atom stereocenters. The molecule has 0 atom stereocenters. The van der Waals surface area contributed by atoms with Crippen LogP contribution in [0.1, 0.15) is 44.7 Å². The Morgan fingerprint density at radius 3 is 2.30 bits per heavy atom. The summed E-state index contributed by atoms with van der Waals surface area (Å²) in [5, 5.41) is 13.7. The zero-order valence-corrected chi connectivity index (χ0v) is 22.2. The third-order valence-electron chi connectivity index (χ3n) is 7.23. The predicted octanol–water partition coefficient (Wildman–Crippen LogP) is 5.17. The van der Waals surface area contributed by atoms with Gasteiger partial charge in [-0.3, -0.25) is 9.99 Å². The van der Waals surface area contributed by atoms with Crippen molar-refractivity contribution in [2.45, 2.75) is 45.8 Å². The molecular formula is C30H37N5O2. The number of ether oxygens (including phenoxy) is 1. The van der Waals surface area contributed by atoms with Crippen molar-refractivity contribution in [3.05, 3.63) is 83.7 Å². The number of fused-ring (bicyclic) bond motifs is 3. The van der Waals surface area contributed by atoms with Crippen molar-refractivity contribution in [1.29, 1.82) is 0 Å². The first-order valence-corrected chi connectivity index (χ1v) is 13.0. The molecule has 37 heavy (non-hydrogen) atoms. The lowest BCUT2D eigenvalue weighted by atomic mass is 9.97. The smallest absolute Gasteiger partial charge is 0.0960 e. The average Bonchev–Trinajstić information content (AvgIpc) is 3.41. The van der Waals surface area contributed by atoms with E-state index in [1.165, 1.54) is 0 Å². The number of benzene rings is 2. The summed E-state index contributed by atoms with van der Waals surface area (Å²) in [6.07, 6.45) is 4.09. The molecule has 3 N–H and O–H groups in total. The van der Waals surface area contributed by atoms with Gasteiger partial charge in [-0.15, -0.1) is 5.53 Å². The fourth-order valence-corrected chi connectivity index (χ4v) is 5.17. The molecule has 4 heterocycles. The number of rotatable bonds is 4. The fraction of sp³-hybridized carbons (Fsp3) is 0.367. The van der Waals surface area contributed by atoms with Crippen LogP contribution < -0.4 is 11.0 Å². The number of nitrogens with zero attached hydrogens (tertiary/aromatic N) is 3. The Morgan fingerprint density at radius 2 is 1.70 bits per heavy atom. The van der Waals surface area contributed by atoms with Crippen LogP contribution in [0.2, 0.25) is 0 Å². The largest absolute Gasteiger partial charge is 0.386 e. The van der Waals surface area contributed by atoms with Gasteiger partial charge in [0.1, 0.15) is 0 Å². The Bertz CT molecular complexity index is 1370. The fourth-order valence-electron chi connectivity index (χ4n) is 5.17. The van der Waals surface area contributed by atoms with Gasteiger partial charge in [-0.2, -0.15) is 0 Å². The van der Waals surface area contributed by atoms with Crippen LogP contribution in [-0.2, 0) is 16.9 Å². The Kier molecular flexibility index (Phi) is 7.20. The first kappa shape index (κ1) is 25.3. The van der Waals surface area contributed by atoms with Gasteiger partial charge < -0.3 is 19.8 Å². The number of aromatic nitrogens is 2. The lowest BCUT2D eigenvalue weighted by Gasteiger charge is -2.24. The van der Waals surface area contributed by atoms with E-state index in [0.29, 0.717) is 5.92 Å². The van der Waals surface area contributed by atoms with E-state index in [0.717, 1.165) is 77.1 Å². The Morgan fingerprint density at radius 1 is 1.03 bits per heavy atom. The number of hydrogen-bond acceptors (Lipinski definition) is 6. The van der Waals surface area contributed by atoms with Gasteiger partial charge in [0.2, 0.25) is 0 Å². The van der Waals surface area contributed by atoms with E-state index in [1.54, 1.807) is 0 Å². The number of nitrogens with one attached hydrogen (secondary N) is 2. The van der Waals surface area contributed by atoms with Gasteiger partial charge in [-0.05, 0) is 57.2 Å². The van der Waals surface area contributed by atoms with Crippen LogP contribution in [-0.4, -0.2) is 39.9 Å². The minimum absolute atomic E-state index is 0.570. The van der Waals surface area contributed by atoms with Crippen molar-refractivity contribution >= 4 is 27.6 Å². The molecular weight excluding hydrogens is 462 g/mol. The van der Waals surface area contributed by atoms with E-state index in [-0.39, 0.29) is 0 Å². The van der Waals surface area contributed by atoms with Gasteiger partial charge >= 0.3 is 0 Å². The van der Waals surface area contributed by atoms with Crippen LogP contribution >= 0.6 is 0 Å². The molecule has 0 bridgehead atoms. The quantitative estimate of drug-likeness (QED) is 0.360. The molecule has 4 aromatic rings. The minimum atomic E-state index is -0.890. The molecule has 2 aromatic heterocycles. The lowest BCUT2D eigenvalue weighted by molar-refractivity contribution is 0.0619. The number of aliphatic hydroxyl groups is 1. The van der Waals surface area contributed by atoms with Crippen LogP contribution in [0.4, 0.5) is 0 Å². The van der Waals surface area contributed by atoms with Gasteiger partial charge in [0, 0.05) is 44.0 Å². The zero-order valence-electron chi connectivity index (χ0n) is 22.2. The molecule has 7 nitrogen and oxygen atoms in total. The SMILES string of the molecule is CC1=C(c2cnc3c4ccc(C(C)(C)O)cc4n(CC4CCOCC4)c3c2)N(C)NN1.c1ccccc1. The molecule has 0 radical (unpaired) electrons. The minimum Gasteiger partial charge on any atom is -0.386 e. The first-order valence-electron chi connectivity index (χ1n) is 13.0. The van der Waals surface area contributed by atoms with Crippen molar-refractivity contribution in [2.75, 3.05) is 20.3 Å². The van der Waals surface area contributed by atoms with E-state index < -0.39 is 5.60 Å². The molecule has 0 aliphatic carbocycles. The van der Waals surface area contributed by atoms with E-state index in [1.807, 2.05) is 74.6 Å². The van der Waals surface area contributed by atoms with Crippen molar-refractivity contribution in [3.8, 4) is 0 Å². The third-order valence-corrected chi connectivity index (χ3v) is 7.23. The maximum Gasteiger partial charge on any atom is 0.0960 e. The number of hydrogen-bond donors (Lipinski definition) is 3. The van der Waals surface area contributed by atoms with Crippen LogP contribution in [0.3, 0.4) is 0 Å². The summed E-state index contributed by atoms with van der Waals surface area (Å²) in [5.74, 6) is 0.570. The summed E-state index contributed by atoms with van der Waals surface area (Å²) in [6.45, 7) is 8.31. The van der Waals surface area contributed by atoms with Gasteiger partial charge in [0.15, 0.2) is 0 Å². The molecule has 0 amide bonds. The van der Waals surface area contributed by atoms with Gasteiger partial charge in [-0.1, -0.05) is 48.5 Å².